The summed E-state index contributed by atoms with van der Waals surface area (Å²) in [5.41, 5.74) is -14.0. The predicted octanol–water partition coefficient (Wildman–Crippen LogP) is 18.1. The highest BCUT2D eigenvalue weighted by Crippen LogP contribution is 2.60. The zero-order valence-electron chi connectivity index (χ0n) is 42.3. The number of carbonyl (C=O) groups excluding carboxylic acids is 2. The molecule has 6 bridgehead atoms. The van der Waals surface area contributed by atoms with Crippen molar-refractivity contribution in [3.05, 3.63) is 0 Å². The minimum Gasteiger partial charge on any atom is -0.469 e. The smallest absolute Gasteiger partial charge is 0.426 e. The second-order valence-electron chi connectivity index (χ2n) is 22.0. The first-order valence-electron chi connectivity index (χ1n) is 24.5. The molecule has 0 aromatic heterocycles. The molecule has 79 heavy (non-hydrogen) atoms. The van der Waals surface area contributed by atoms with Crippen molar-refractivity contribution in [3.63, 3.8) is 0 Å². The van der Waals surface area contributed by atoms with E-state index >= 15 is 0 Å². The Morgan fingerprint density at radius 2 is 0.785 bits per heavy atom. The van der Waals surface area contributed by atoms with E-state index in [0.717, 1.165) is 25.7 Å². The molecule has 3 N–H and O–H groups in total. The topological polar surface area (TPSA) is 113 Å². The van der Waals surface area contributed by atoms with E-state index in [4.69, 9.17) is 10.2 Å². The molecular formula is C54H96F18O7. The van der Waals surface area contributed by atoms with Crippen LogP contribution in [0.25, 0.3) is 0 Å². The Balaban J connectivity index is -0.000000294. The van der Waals surface area contributed by atoms with Crippen molar-refractivity contribution < 1.29 is 113 Å². The van der Waals surface area contributed by atoms with Crippen LogP contribution < -0.4 is 0 Å². The van der Waals surface area contributed by atoms with E-state index in [1.54, 1.807) is 0 Å². The number of ether oxygens (including phenoxy) is 2. The third-order valence-corrected chi connectivity index (χ3v) is 17.1. The van der Waals surface area contributed by atoms with E-state index in [1.165, 1.54) is 14.2 Å². The summed E-state index contributed by atoms with van der Waals surface area (Å²) in [6.07, 6.45) is -29.8. The molecular weight excluding hydrogens is 1100 g/mol. The monoisotopic (exact) mass is 1200 g/mol. The SMILES string of the molecule is C.C.C.C.C.C.CC1C2CC(CC(O)(C(F)(F)F)C(F)(F)F)C(C2)C1C.CCC(C)(C)C(=O)OC.CCC(C)C(=O)OC.OC(CC1CC2CCC1C2)(C(F)(F)F)C(F)(F)F.OC(CC1CC2CCC1C2)(C(F)(F)F)C(F)(F)F. The number of halogens is 18. The normalized spacial score (nSPS) is 27.4. The van der Waals surface area contributed by atoms with Crippen LogP contribution in [0.15, 0.2) is 0 Å². The summed E-state index contributed by atoms with van der Waals surface area (Å²) in [5.74, 6) is -1.46. The molecule has 480 valence electrons. The van der Waals surface area contributed by atoms with Crippen molar-refractivity contribution >= 4 is 11.9 Å². The maximum Gasteiger partial charge on any atom is 0.426 e. The zero-order valence-corrected chi connectivity index (χ0v) is 42.3. The average Bonchev–Trinajstić information content (AvgIpc) is 4.14. The lowest BCUT2D eigenvalue weighted by Gasteiger charge is -2.39. The highest BCUT2D eigenvalue weighted by Gasteiger charge is 2.73. The third kappa shape index (κ3) is 19.8. The van der Waals surface area contributed by atoms with Crippen LogP contribution in [-0.2, 0) is 19.1 Å². The summed E-state index contributed by atoms with van der Waals surface area (Å²) < 4.78 is 236. The molecule has 6 aliphatic rings. The average molecular weight is 1200 g/mol. The lowest BCUT2D eigenvalue weighted by molar-refractivity contribution is -0.374. The van der Waals surface area contributed by atoms with E-state index in [1.807, 2.05) is 48.5 Å². The molecule has 0 spiro atoms. The van der Waals surface area contributed by atoms with Crippen LogP contribution in [0.4, 0.5) is 79.0 Å². The Hall–Kier alpha value is -2.44. The second kappa shape index (κ2) is 30.9. The highest BCUT2D eigenvalue weighted by atomic mass is 19.4. The number of rotatable bonds is 10. The van der Waals surface area contributed by atoms with Crippen LogP contribution in [-0.4, -0.2) is 95.3 Å². The van der Waals surface area contributed by atoms with Crippen molar-refractivity contribution in [1.82, 2.24) is 0 Å². The first-order valence-corrected chi connectivity index (χ1v) is 24.5. The predicted molar refractivity (Wildman–Crippen MR) is 269 cm³/mol. The molecule has 12 atom stereocenters. The van der Waals surface area contributed by atoms with Gasteiger partial charge >= 0.3 is 49.0 Å². The van der Waals surface area contributed by atoms with Crippen molar-refractivity contribution in [2.45, 2.75) is 243 Å². The lowest BCUT2D eigenvalue weighted by atomic mass is 9.72. The summed E-state index contributed by atoms with van der Waals surface area (Å²) in [4.78, 5) is 21.4. The Morgan fingerprint density at radius 1 is 0.468 bits per heavy atom. The van der Waals surface area contributed by atoms with Crippen molar-refractivity contribution in [1.29, 1.82) is 0 Å². The molecule has 6 rings (SSSR count). The first-order chi connectivity index (χ1) is 32.7. The highest BCUT2D eigenvalue weighted by molar-refractivity contribution is 5.75. The molecule has 6 saturated carbocycles. The minimum absolute atomic E-state index is 0. The van der Waals surface area contributed by atoms with Crippen LogP contribution in [0.5, 0.6) is 0 Å². The molecule has 7 nitrogen and oxygen atoms in total. The fraction of sp³-hybridized carbons (Fsp3) is 0.963. The van der Waals surface area contributed by atoms with Gasteiger partial charge in [0.05, 0.1) is 25.6 Å². The number of alkyl halides is 18. The van der Waals surface area contributed by atoms with Gasteiger partial charge in [0.1, 0.15) is 0 Å². The van der Waals surface area contributed by atoms with Gasteiger partial charge in [0.15, 0.2) is 0 Å². The number of fused-ring (bicyclic) bond motifs is 6. The molecule has 0 aromatic rings. The fourth-order valence-electron chi connectivity index (χ4n) is 11.7. The van der Waals surface area contributed by atoms with Crippen LogP contribution in [0.2, 0.25) is 0 Å². The molecule has 6 aliphatic carbocycles. The van der Waals surface area contributed by atoms with E-state index in [0.29, 0.717) is 57.3 Å². The third-order valence-electron chi connectivity index (χ3n) is 17.1. The molecule has 0 amide bonds. The Labute approximate surface area is 458 Å². The van der Waals surface area contributed by atoms with Crippen LogP contribution in [0.3, 0.4) is 0 Å². The van der Waals surface area contributed by atoms with Gasteiger partial charge in [-0.25, -0.2) is 0 Å². The van der Waals surface area contributed by atoms with Crippen molar-refractivity contribution in [2.75, 3.05) is 14.2 Å². The van der Waals surface area contributed by atoms with Crippen LogP contribution in [0, 0.1) is 76.4 Å². The van der Waals surface area contributed by atoms with Gasteiger partial charge in [-0.05, 0) is 162 Å². The molecule has 6 fully saturated rings. The first kappa shape index (κ1) is 85.4. The van der Waals surface area contributed by atoms with E-state index in [2.05, 4.69) is 9.47 Å². The van der Waals surface area contributed by atoms with Gasteiger partial charge in [-0.15, -0.1) is 0 Å². The number of methoxy groups -OCH3 is 2. The standard InChI is InChI=1S/C13H18F6O.2C11H14F6O.C7H14O2.C6H12O2.6CH4/c1-6-7(2)10-4-8(6)3-9(10)5-11(20,12(14,15)16)13(17,18)19;2*12-10(13,14)9(18,11(15,16)17)5-8-4-6-1-2-7(8)3-6;1-5-7(2,3)6(8)9-4;1-4-5(2)6(7)8-3;;;;;;/h6-10,20H,3-5H2,1-2H3;2*6-8,18H,1-5H2;5H2,1-4H3;5H,4H2,1-3H3;6*1H4. The summed E-state index contributed by atoms with van der Waals surface area (Å²) >= 11 is 0. The quantitative estimate of drug-likeness (QED) is 0.147. The molecule has 0 aromatic carbocycles. The van der Waals surface area contributed by atoms with E-state index < -0.39 is 90.9 Å². The van der Waals surface area contributed by atoms with Gasteiger partial charge in [-0.1, -0.05) is 92.0 Å². The lowest BCUT2D eigenvalue weighted by Crippen LogP contribution is -2.58. The Bertz CT molecular complexity index is 1650. The number of carbonyl (C=O) groups is 2. The minimum atomic E-state index is -5.69. The van der Waals surface area contributed by atoms with Crippen LogP contribution in [0.1, 0.15) is 189 Å². The van der Waals surface area contributed by atoms with E-state index in [9.17, 15) is 93.7 Å². The molecule has 0 heterocycles. The van der Waals surface area contributed by atoms with Crippen molar-refractivity contribution in [2.24, 2.45) is 76.4 Å². The Morgan fingerprint density at radius 3 is 0.962 bits per heavy atom. The molecule has 0 saturated heterocycles. The zero-order chi connectivity index (χ0) is 57.1. The van der Waals surface area contributed by atoms with Gasteiger partial charge in [0, 0.05) is 0 Å². The maximum atomic E-state index is 12.7. The number of aliphatic hydroxyl groups is 3. The molecule has 25 heteroatoms. The number of hydrogen-bond acceptors (Lipinski definition) is 7. The van der Waals surface area contributed by atoms with Gasteiger partial charge in [0.25, 0.3) is 16.8 Å². The maximum absolute atomic E-state index is 12.7. The summed E-state index contributed by atoms with van der Waals surface area (Å²) in [6, 6.07) is 0. The summed E-state index contributed by atoms with van der Waals surface area (Å²) in [7, 11) is 2.83. The molecule has 0 aliphatic heterocycles. The largest absolute Gasteiger partial charge is 0.469 e. The van der Waals surface area contributed by atoms with Crippen molar-refractivity contribution in [3.8, 4) is 0 Å². The number of hydrogen-bond donors (Lipinski definition) is 3. The summed E-state index contributed by atoms with van der Waals surface area (Å²) in [6.45, 7) is 13.4. The Kier molecular flexibility index (Phi) is 33.4. The second-order valence-corrected chi connectivity index (χ2v) is 22.0. The fourth-order valence-corrected chi connectivity index (χ4v) is 11.7. The van der Waals surface area contributed by atoms with Gasteiger partial charge in [-0.3, -0.25) is 9.59 Å². The van der Waals surface area contributed by atoms with Crippen LogP contribution >= 0.6 is 0 Å². The number of esters is 2. The van der Waals surface area contributed by atoms with Gasteiger partial charge in [0.2, 0.25) is 0 Å². The van der Waals surface area contributed by atoms with Gasteiger partial charge < -0.3 is 24.8 Å². The van der Waals surface area contributed by atoms with Gasteiger partial charge in [-0.2, -0.15) is 79.0 Å². The summed E-state index contributed by atoms with van der Waals surface area (Å²) in [5, 5.41) is 27.5. The van der Waals surface area contributed by atoms with E-state index in [-0.39, 0.29) is 109 Å². The molecule has 0 radical (unpaired) electrons. The molecule has 12 unspecified atom stereocenters.